The molecule has 1 aromatic carbocycles. The maximum Gasteiger partial charge on any atom is 0.226 e. The zero-order chi connectivity index (χ0) is 17.2. The number of hydrogen-bond acceptors (Lipinski definition) is 4. The van der Waals surface area contributed by atoms with Gasteiger partial charge in [-0.25, -0.2) is 0 Å². The average molecular weight is 339 g/mol. The molecule has 5 heteroatoms. The molecule has 2 aliphatic carbocycles. The van der Waals surface area contributed by atoms with Crippen LogP contribution in [0.5, 0.6) is 0 Å². The van der Waals surface area contributed by atoms with Crippen molar-refractivity contribution in [2.45, 2.75) is 63.8 Å². The first-order chi connectivity index (χ1) is 12.2. The summed E-state index contributed by atoms with van der Waals surface area (Å²) in [5, 5.41) is 7.24. The molecule has 0 radical (unpaired) electrons. The monoisotopic (exact) mass is 339 g/mol. The average Bonchev–Trinajstić information content (AvgIpc) is 3.53. The number of rotatable bonds is 8. The number of aryl methyl sites for hydroxylation is 2. The quantitative estimate of drug-likeness (QED) is 0.793. The van der Waals surface area contributed by atoms with Gasteiger partial charge in [0.1, 0.15) is 0 Å². The van der Waals surface area contributed by atoms with E-state index in [0.29, 0.717) is 30.6 Å². The van der Waals surface area contributed by atoms with E-state index in [1.54, 1.807) is 0 Å². The van der Waals surface area contributed by atoms with Crippen molar-refractivity contribution in [1.29, 1.82) is 0 Å². The largest absolute Gasteiger partial charge is 0.349 e. The van der Waals surface area contributed by atoms with Gasteiger partial charge in [-0.05, 0) is 50.5 Å². The standard InChI is InChI=1S/C20H25N3O2/c1-13-5-7-14(8-6-13)19(15-9-10-15)21-17(24)3-2-4-18-22-20(23-25-18)16-11-12-16/h5-8,15-16,19H,2-4,9-12H2,1H3,(H,21,24)/t19-/m1/s1. The van der Waals surface area contributed by atoms with E-state index in [1.165, 1.54) is 36.8 Å². The predicted molar refractivity (Wildman–Crippen MR) is 94.0 cm³/mol. The summed E-state index contributed by atoms with van der Waals surface area (Å²) in [6.07, 6.45) is 6.65. The molecule has 1 N–H and O–H groups in total. The van der Waals surface area contributed by atoms with Gasteiger partial charge in [-0.2, -0.15) is 4.98 Å². The summed E-state index contributed by atoms with van der Waals surface area (Å²) in [7, 11) is 0. The van der Waals surface area contributed by atoms with E-state index in [9.17, 15) is 4.79 Å². The summed E-state index contributed by atoms with van der Waals surface area (Å²) >= 11 is 0. The lowest BCUT2D eigenvalue weighted by atomic mass is 10.0. The van der Waals surface area contributed by atoms with Crippen molar-refractivity contribution in [3.05, 3.63) is 47.1 Å². The first kappa shape index (κ1) is 16.3. The lowest BCUT2D eigenvalue weighted by Gasteiger charge is -2.19. The molecule has 25 heavy (non-hydrogen) atoms. The summed E-state index contributed by atoms with van der Waals surface area (Å²) in [4.78, 5) is 16.8. The fraction of sp³-hybridized carbons (Fsp3) is 0.550. The molecular formula is C20H25N3O2. The minimum absolute atomic E-state index is 0.111. The Labute approximate surface area is 148 Å². The van der Waals surface area contributed by atoms with Crippen molar-refractivity contribution in [3.63, 3.8) is 0 Å². The molecule has 132 valence electrons. The first-order valence-electron chi connectivity index (χ1n) is 9.37. The van der Waals surface area contributed by atoms with Crippen molar-refractivity contribution in [1.82, 2.24) is 15.5 Å². The van der Waals surface area contributed by atoms with Gasteiger partial charge >= 0.3 is 0 Å². The third-order valence-corrected chi connectivity index (χ3v) is 5.07. The third-order valence-electron chi connectivity index (χ3n) is 5.07. The Balaban J connectivity index is 1.27. The third kappa shape index (κ3) is 4.27. The zero-order valence-corrected chi connectivity index (χ0v) is 14.7. The molecule has 5 nitrogen and oxygen atoms in total. The van der Waals surface area contributed by atoms with Crippen molar-refractivity contribution < 1.29 is 9.32 Å². The molecule has 0 bridgehead atoms. The second-order valence-corrected chi connectivity index (χ2v) is 7.47. The van der Waals surface area contributed by atoms with Gasteiger partial charge in [-0.1, -0.05) is 35.0 Å². The summed E-state index contributed by atoms with van der Waals surface area (Å²) in [5.41, 5.74) is 2.46. The Morgan fingerprint density at radius 1 is 1.24 bits per heavy atom. The molecule has 2 fully saturated rings. The highest BCUT2D eigenvalue weighted by Crippen LogP contribution is 2.41. The van der Waals surface area contributed by atoms with E-state index in [0.717, 1.165) is 12.2 Å². The molecule has 2 aliphatic rings. The van der Waals surface area contributed by atoms with Gasteiger partial charge in [-0.15, -0.1) is 0 Å². The number of nitrogens with one attached hydrogen (secondary N) is 1. The van der Waals surface area contributed by atoms with Crippen LogP contribution < -0.4 is 5.32 Å². The van der Waals surface area contributed by atoms with E-state index in [4.69, 9.17) is 4.52 Å². The molecule has 1 atom stereocenters. The summed E-state index contributed by atoms with van der Waals surface area (Å²) in [5.74, 6) is 2.71. The van der Waals surface area contributed by atoms with Crippen molar-refractivity contribution in [2.24, 2.45) is 5.92 Å². The fourth-order valence-corrected chi connectivity index (χ4v) is 3.20. The number of amides is 1. The molecule has 1 aromatic heterocycles. The minimum atomic E-state index is 0.111. The molecule has 2 aromatic rings. The molecule has 2 saturated carbocycles. The van der Waals surface area contributed by atoms with Gasteiger partial charge in [0.05, 0.1) is 6.04 Å². The van der Waals surface area contributed by atoms with Crippen LogP contribution in [0.15, 0.2) is 28.8 Å². The molecule has 0 spiro atoms. The number of benzene rings is 1. The number of carbonyl (C=O) groups is 1. The van der Waals surface area contributed by atoms with Crippen LogP contribution in [0.4, 0.5) is 0 Å². The fourth-order valence-electron chi connectivity index (χ4n) is 3.20. The van der Waals surface area contributed by atoms with Gasteiger partial charge < -0.3 is 9.84 Å². The number of nitrogens with zero attached hydrogens (tertiary/aromatic N) is 2. The maximum atomic E-state index is 12.4. The summed E-state index contributed by atoms with van der Waals surface area (Å²) in [6, 6.07) is 8.65. The molecule has 1 heterocycles. The molecule has 0 unspecified atom stereocenters. The highest BCUT2D eigenvalue weighted by molar-refractivity contribution is 5.76. The number of carbonyl (C=O) groups excluding carboxylic acids is 1. The van der Waals surface area contributed by atoms with Crippen LogP contribution in [0.3, 0.4) is 0 Å². The topological polar surface area (TPSA) is 68.0 Å². The van der Waals surface area contributed by atoms with Gasteiger partial charge in [0, 0.05) is 18.8 Å². The first-order valence-corrected chi connectivity index (χ1v) is 9.37. The van der Waals surface area contributed by atoms with Crippen LogP contribution in [0.25, 0.3) is 0 Å². The van der Waals surface area contributed by atoms with Gasteiger partial charge in [0.25, 0.3) is 0 Å². The zero-order valence-electron chi connectivity index (χ0n) is 14.7. The van der Waals surface area contributed by atoms with Gasteiger partial charge in [0.2, 0.25) is 11.8 Å². The Kier molecular flexibility index (Phi) is 4.55. The van der Waals surface area contributed by atoms with Crippen LogP contribution in [-0.4, -0.2) is 16.0 Å². The second-order valence-electron chi connectivity index (χ2n) is 7.47. The molecule has 0 aliphatic heterocycles. The van der Waals surface area contributed by atoms with Crippen molar-refractivity contribution >= 4 is 5.91 Å². The van der Waals surface area contributed by atoms with E-state index in [2.05, 4.69) is 46.6 Å². The summed E-state index contributed by atoms with van der Waals surface area (Å²) < 4.78 is 5.26. The Hall–Kier alpha value is -2.17. The smallest absolute Gasteiger partial charge is 0.226 e. The van der Waals surface area contributed by atoms with Crippen molar-refractivity contribution in [2.75, 3.05) is 0 Å². The van der Waals surface area contributed by atoms with E-state index < -0.39 is 0 Å². The molecule has 1 amide bonds. The van der Waals surface area contributed by atoms with Gasteiger partial charge in [-0.3, -0.25) is 4.79 Å². The van der Waals surface area contributed by atoms with E-state index >= 15 is 0 Å². The van der Waals surface area contributed by atoms with Crippen LogP contribution in [0, 0.1) is 12.8 Å². The Morgan fingerprint density at radius 2 is 2.00 bits per heavy atom. The summed E-state index contributed by atoms with van der Waals surface area (Å²) in [6.45, 7) is 2.08. The van der Waals surface area contributed by atoms with E-state index in [-0.39, 0.29) is 11.9 Å². The minimum Gasteiger partial charge on any atom is -0.349 e. The SMILES string of the molecule is Cc1ccc([C@@H](NC(=O)CCCc2nc(C3CC3)no2)C2CC2)cc1. The Bertz CT molecular complexity index is 730. The highest BCUT2D eigenvalue weighted by atomic mass is 16.5. The Morgan fingerprint density at radius 3 is 2.68 bits per heavy atom. The molecule has 4 rings (SSSR count). The predicted octanol–water partition coefficient (Wildman–Crippen LogP) is 3.85. The maximum absolute atomic E-state index is 12.4. The second kappa shape index (κ2) is 6.98. The highest BCUT2D eigenvalue weighted by Gasteiger charge is 2.33. The van der Waals surface area contributed by atoms with E-state index in [1.807, 2.05) is 0 Å². The molecule has 0 saturated heterocycles. The lowest BCUT2D eigenvalue weighted by Crippen LogP contribution is -2.29. The van der Waals surface area contributed by atoms with Gasteiger partial charge in [0.15, 0.2) is 5.82 Å². The van der Waals surface area contributed by atoms with Crippen LogP contribution >= 0.6 is 0 Å². The molecular weight excluding hydrogens is 314 g/mol. The number of hydrogen-bond donors (Lipinski definition) is 1. The van der Waals surface area contributed by atoms with Crippen LogP contribution in [-0.2, 0) is 11.2 Å². The van der Waals surface area contributed by atoms with Crippen molar-refractivity contribution in [3.8, 4) is 0 Å². The lowest BCUT2D eigenvalue weighted by molar-refractivity contribution is -0.122. The van der Waals surface area contributed by atoms with Crippen LogP contribution in [0.2, 0.25) is 0 Å². The number of aromatic nitrogens is 2. The van der Waals surface area contributed by atoms with Crippen LogP contribution in [0.1, 0.15) is 73.3 Å². The normalized spacial score (nSPS) is 18.1.